The van der Waals surface area contributed by atoms with Crippen molar-refractivity contribution in [1.29, 1.82) is 0 Å². The average Bonchev–Trinajstić information content (AvgIpc) is 3.17. The Morgan fingerprint density at radius 2 is 2.09 bits per heavy atom. The second kappa shape index (κ2) is 6.34. The molecule has 22 heavy (non-hydrogen) atoms. The number of hydrogen-bond donors (Lipinski definition) is 2. The van der Waals surface area contributed by atoms with Crippen molar-refractivity contribution in [2.24, 2.45) is 5.92 Å². The van der Waals surface area contributed by atoms with Gasteiger partial charge in [-0.25, -0.2) is 4.79 Å². The summed E-state index contributed by atoms with van der Waals surface area (Å²) in [6.45, 7) is 2.74. The molecule has 2 aromatic rings. The number of hydrogen-bond acceptors (Lipinski definition) is 4. The van der Waals surface area contributed by atoms with Gasteiger partial charge < -0.3 is 14.6 Å². The van der Waals surface area contributed by atoms with Crippen LogP contribution in [0.3, 0.4) is 0 Å². The summed E-state index contributed by atoms with van der Waals surface area (Å²) in [6.07, 6.45) is 1.01. The Labute approximate surface area is 128 Å². The van der Waals surface area contributed by atoms with Crippen LogP contribution < -0.4 is 0 Å². The number of aliphatic hydroxyl groups excluding tert-OH is 1. The predicted octanol–water partition coefficient (Wildman–Crippen LogP) is 2.46. The van der Waals surface area contributed by atoms with Gasteiger partial charge in [-0.15, -0.1) is 0 Å². The van der Waals surface area contributed by atoms with Gasteiger partial charge in [0, 0.05) is 18.7 Å². The Hall–Kier alpha value is -2.11. The normalized spacial score (nSPS) is 18.7. The van der Waals surface area contributed by atoms with E-state index in [0.717, 1.165) is 25.3 Å². The minimum atomic E-state index is -0.959. The number of likely N-dealkylation sites (tertiary alicyclic amines) is 1. The first-order chi connectivity index (χ1) is 10.7. The van der Waals surface area contributed by atoms with Crippen molar-refractivity contribution in [2.75, 3.05) is 19.7 Å². The van der Waals surface area contributed by atoms with E-state index in [-0.39, 0.29) is 12.2 Å². The highest BCUT2D eigenvalue weighted by atomic mass is 16.4. The topological polar surface area (TPSA) is 73.9 Å². The lowest BCUT2D eigenvalue weighted by Gasteiger charge is -2.13. The van der Waals surface area contributed by atoms with Crippen LogP contribution in [-0.2, 0) is 6.54 Å². The highest BCUT2D eigenvalue weighted by Gasteiger charge is 2.22. The zero-order chi connectivity index (χ0) is 15.5. The van der Waals surface area contributed by atoms with Gasteiger partial charge in [0.15, 0.2) is 0 Å². The van der Waals surface area contributed by atoms with Gasteiger partial charge in [0.2, 0.25) is 0 Å². The Bertz CT molecular complexity index is 664. The zero-order valence-electron chi connectivity index (χ0n) is 12.2. The number of aliphatic hydroxyl groups is 1. The Balaban J connectivity index is 1.76. The van der Waals surface area contributed by atoms with Crippen molar-refractivity contribution >= 4 is 5.97 Å². The highest BCUT2D eigenvalue weighted by Crippen LogP contribution is 2.27. The van der Waals surface area contributed by atoms with Crippen molar-refractivity contribution in [3.8, 4) is 11.3 Å². The lowest BCUT2D eigenvalue weighted by atomic mass is 10.1. The van der Waals surface area contributed by atoms with Gasteiger partial charge in [-0.3, -0.25) is 4.90 Å². The van der Waals surface area contributed by atoms with Crippen LogP contribution in [0.1, 0.15) is 22.5 Å². The summed E-state index contributed by atoms with van der Waals surface area (Å²) in [6, 6.07) is 10.5. The van der Waals surface area contributed by atoms with E-state index in [4.69, 9.17) is 4.42 Å². The molecule has 0 radical (unpaired) electrons. The van der Waals surface area contributed by atoms with Crippen LogP contribution in [0.25, 0.3) is 11.3 Å². The van der Waals surface area contributed by atoms with E-state index < -0.39 is 5.97 Å². The van der Waals surface area contributed by atoms with Gasteiger partial charge in [-0.05, 0) is 37.1 Å². The van der Waals surface area contributed by atoms with Gasteiger partial charge in [0.05, 0.1) is 12.1 Å². The van der Waals surface area contributed by atoms with Gasteiger partial charge in [-0.1, -0.05) is 18.2 Å². The summed E-state index contributed by atoms with van der Waals surface area (Å²) in [5, 5.41) is 18.4. The number of nitrogens with zero attached hydrogens (tertiary/aromatic N) is 1. The van der Waals surface area contributed by atoms with Gasteiger partial charge in [0.1, 0.15) is 11.5 Å². The Morgan fingerprint density at radius 1 is 1.27 bits per heavy atom. The summed E-state index contributed by atoms with van der Waals surface area (Å²) in [5.41, 5.74) is 0.834. The fourth-order valence-corrected chi connectivity index (χ4v) is 2.92. The van der Waals surface area contributed by atoms with Crippen LogP contribution in [0.5, 0.6) is 0 Å². The molecule has 0 aliphatic carbocycles. The minimum absolute atomic E-state index is 0.228. The molecule has 5 heteroatoms. The Kier molecular flexibility index (Phi) is 4.27. The van der Waals surface area contributed by atoms with E-state index in [9.17, 15) is 15.0 Å². The smallest absolute Gasteiger partial charge is 0.336 e. The average molecular weight is 301 g/mol. The summed E-state index contributed by atoms with van der Waals surface area (Å²) >= 11 is 0. The molecule has 1 aliphatic rings. The van der Waals surface area contributed by atoms with Crippen LogP contribution in [0.2, 0.25) is 0 Å². The molecule has 0 spiro atoms. The first-order valence-electron chi connectivity index (χ1n) is 7.42. The molecule has 1 aromatic heterocycles. The highest BCUT2D eigenvalue weighted by molar-refractivity contribution is 5.95. The molecule has 1 aliphatic heterocycles. The molecule has 0 unspecified atom stereocenters. The number of furan rings is 1. The third kappa shape index (κ3) is 3.05. The second-order valence-electron chi connectivity index (χ2n) is 5.69. The summed E-state index contributed by atoms with van der Waals surface area (Å²) in [5.74, 6) is 0.778. The number of rotatable bonds is 5. The lowest BCUT2D eigenvalue weighted by molar-refractivity contribution is 0.0697. The number of carbonyl (C=O) groups is 1. The molecule has 0 saturated carbocycles. The van der Waals surface area contributed by atoms with Crippen molar-refractivity contribution in [3.63, 3.8) is 0 Å². The van der Waals surface area contributed by atoms with E-state index in [1.807, 2.05) is 12.1 Å². The van der Waals surface area contributed by atoms with Gasteiger partial charge in [-0.2, -0.15) is 0 Å². The molecule has 2 heterocycles. The van der Waals surface area contributed by atoms with Crippen LogP contribution in [0.15, 0.2) is 40.8 Å². The molecule has 1 fully saturated rings. The molecular formula is C17H19NO4. The molecule has 0 bridgehead atoms. The number of aromatic carboxylic acids is 1. The quantitative estimate of drug-likeness (QED) is 0.887. The molecule has 2 N–H and O–H groups in total. The van der Waals surface area contributed by atoms with Crippen molar-refractivity contribution in [1.82, 2.24) is 4.90 Å². The number of benzene rings is 1. The maximum Gasteiger partial charge on any atom is 0.336 e. The lowest BCUT2D eigenvalue weighted by Crippen LogP contribution is -2.20. The number of carboxylic acids is 1. The van der Waals surface area contributed by atoms with Crippen molar-refractivity contribution < 1.29 is 19.4 Å². The van der Waals surface area contributed by atoms with E-state index in [1.165, 1.54) is 0 Å². The van der Waals surface area contributed by atoms with E-state index in [1.54, 1.807) is 24.3 Å². The SMILES string of the molecule is O=C(O)c1ccccc1-c1ccc(CN2CC[C@@H](CO)C2)o1. The van der Waals surface area contributed by atoms with Crippen LogP contribution in [0.4, 0.5) is 0 Å². The van der Waals surface area contributed by atoms with Crippen molar-refractivity contribution in [3.05, 3.63) is 47.7 Å². The fraction of sp³-hybridized carbons (Fsp3) is 0.353. The predicted molar refractivity (Wildman–Crippen MR) is 81.6 cm³/mol. The number of carboxylic acid groups (broad SMARTS) is 1. The standard InChI is InChI=1S/C17H19NO4/c19-11-12-7-8-18(9-12)10-13-5-6-16(22-13)14-3-1-2-4-15(14)17(20)21/h1-6,12,19H,7-11H2,(H,20,21)/t12-/m1/s1. The van der Waals surface area contributed by atoms with Crippen LogP contribution >= 0.6 is 0 Å². The minimum Gasteiger partial charge on any atom is -0.478 e. The Morgan fingerprint density at radius 3 is 2.82 bits per heavy atom. The maximum absolute atomic E-state index is 11.3. The van der Waals surface area contributed by atoms with E-state index in [2.05, 4.69) is 4.90 Å². The van der Waals surface area contributed by atoms with E-state index in [0.29, 0.717) is 23.8 Å². The third-order valence-corrected chi connectivity index (χ3v) is 4.09. The van der Waals surface area contributed by atoms with Crippen molar-refractivity contribution in [2.45, 2.75) is 13.0 Å². The molecule has 0 amide bonds. The molecule has 1 saturated heterocycles. The third-order valence-electron chi connectivity index (χ3n) is 4.09. The molecule has 1 atom stereocenters. The molecule has 1 aromatic carbocycles. The molecule has 5 nitrogen and oxygen atoms in total. The summed E-state index contributed by atoms with van der Waals surface area (Å²) in [7, 11) is 0. The fourth-order valence-electron chi connectivity index (χ4n) is 2.92. The summed E-state index contributed by atoms with van der Waals surface area (Å²) in [4.78, 5) is 13.5. The van der Waals surface area contributed by atoms with Gasteiger partial charge >= 0.3 is 5.97 Å². The zero-order valence-corrected chi connectivity index (χ0v) is 12.2. The maximum atomic E-state index is 11.3. The molecule has 3 rings (SSSR count). The van der Waals surface area contributed by atoms with Crippen LogP contribution in [0, 0.1) is 5.92 Å². The summed E-state index contributed by atoms with van der Waals surface area (Å²) < 4.78 is 5.82. The second-order valence-corrected chi connectivity index (χ2v) is 5.69. The van der Waals surface area contributed by atoms with Crippen LogP contribution in [-0.4, -0.2) is 40.8 Å². The van der Waals surface area contributed by atoms with E-state index >= 15 is 0 Å². The molecular weight excluding hydrogens is 282 g/mol. The van der Waals surface area contributed by atoms with Gasteiger partial charge in [0.25, 0.3) is 0 Å². The monoisotopic (exact) mass is 301 g/mol. The largest absolute Gasteiger partial charge is 0.478 e. The first kappa shape index (κ1) is 14.8. The first-order valence-corrected chi connectivity index (χ1v) is 7.42. The molecule has 116 valence electrons.